The number of aromatic nitrogens is 4. The van der Waals surface area contributed by atoms with Gasteiger partial charge in [0.1, 0.15) is 0 Å². The van der Waals surface area contributed by atoms with Crippen LogP contribution < -0.4 is 0 Å². The summed E-state index contributed by atoms with van der Waals surface area (Å²) in [5.74, 6) is 0. The first-order valence-electron chi connectivity index (χ1n) is 10.8. The third-order valence-corrected chi connectivity index (χ3v) is 5.44. The summed E-state index contributed by atoms with van der Waals surface area (Å²) in [7, 11) is 0. The molecule has 1 aromatic carbocycles. The maximum absolute atomic E-state index is 8.66. The van der Waals surface area contributed by atoms with Crippen LogP contribution in [0.2, 0.25) is 0 Å². The second-order valence-electron chi connectivity index (χ2n) is 7.71. The molecule has 0 spiro atoms. The van der Waals surface area contributed by atoms with Crippen LogP contribution in [0.3, 0.4) is 0 Å². The van der Waals surface area contributed by atoms with Crippen LogP contribution in [-0.4, -0.2) is 19.5 Å². The number of benzene rings is 1. The molecule has 4 heteroatoms. The molecule has 4 aromatic rings. The van der Waals surface area contributed by atoms with Crippen LogP contribution in [0.15, 0.2) is 78.8 Å². The molecule has 0 saturated carbocycles. The highest BCUT2D eigenvalue weighted by Crippen LogP contribution is 2.20. The molecule has 3 aromatic heterocycles. The Morgan fingerprint density at radius 3 is 1.90 bits per heavy atom. The van der Waals surface area contributed by atoms with Crippen molar-refractivity contribution in [2.24, 2.45) is 0 Å². The van der Waals surface area contributed by atoms with Gasteiger partial charge < -0.3 is 9.55 Å². The summed E-state index contributed by atoms with van der Waals surface area (Å²) in [4.78, 5) is 12.9. The first-order chi connectivity index (χ1) is 15.7. The van der Waals surface area contributed by atoms with Gasteiger partial charge in [-0.2, -0.15) is 0 Å². The van der Waals surface area contributed by atoms with Crippen molar-refractivity contribution in [2.75, 3.05) is 0 Å². The van der Waals surface area contributed by atoms with Crippen LogP contribution in [0.1, 0.15) is 29.7 Å². The number of aromatic amines is 1. The summed E-state index contributed by atoms with van der Waals surface area (Å²) in [6.45, 7) is 0.667. The first-order valence-corrected chi connectivity index (χ1v) is 10.3. The molecule has 0 fully saturated rings. The standard InChI is InChI=1S/C27H20N4/c1-2-4-19(5-3-1)18-31-26-12-13-27(31)17-25-11-9-23(30-25)15-21-7-6-20(28-21)14-22-8-10-24(16-26)29-22/h1-17,28H,18H2/i12D. The van der Waals surface area contributed by atoms with E-state index in [0.717, 1.165) is 44.8 Å². The minimum Gasteiger partial charge on any atom is -0.355 e. The van der Waals surface area contributed by atoms with Gasteiger partial charge in [-0.3, -0.25) is 0 Å². The van der Waals surface area contributed by atoms with E-state index in [0.29, 0.717) is 12.6 Å². The molecule has 1 N–H and O–H groups in total. The number of hydrogen-bond donors (Lipinski definition) is 1. The van der Waals surface area contributed by atoms with E-state index in [-0.39, 0.29) is 0 Å². The van der Waals surface area contributed by atoms with Crippen LogP contribution >= 0.6 is 0 Å². The van der Waals surface area contributed by atoms with Crippen molar-refractivity contribution in [1.82, 2.24) is 19.5 Å². The normalized spacial score (nSPS) is 12.8. The fourth-order valence-corrected chi connectivity index (χ4v) is 3.94. The Morgan fingerprint density at radius 1 is 0.677 bits per heavy atom. The van der Waals surface area contributed by atoms with Crippen molar-refractivity contribution in [3.8, 4) is 0 Å². The molecule has 5 heterocycles. The molecule has 2 aliphatic rings. The van der Waals surface area contributed by atoms with Crippen molar-refractivity contribution in [3.63, 3.8) is 0 Å². The molecule has 0 amide bonds. The van der Waals surface area contributed by atoms with Gasteiger partial charge in [-0.05, 0) is 78.4 Å². The Bertz CT molecular complexity index is 1560. The van der Waals surface area contributed by atoms with E-state index in [1.165, 1.54) is 5.56 Å². The summed E-state index contributed by atoms with van der Waals surface area (Å²) in [6, 6.07) is 24.8. The van der Waals surface area contributed by atoms with Crippen molar-refractivity contribution in [1.29, 1.82) is 0 Å². The summed E-state index contributed by atoms with van der Waals surface area (Å²) in [5, 5.41) is 0. The molecule has 2 aliphatic heterocycles. The van der Waals surface area contributed by atoms with E-state index in [1.54, 1.807) is 0 Å². The fraction of sp³-hybridized carbons (Fsp3) is 0.0370. The highest BCUT2D eigenvalue weighted by molar-refractivity contribution is 5.77. The predicted molar refractivity (Wildman–Crippen MR) is 128 cm³/mol. The monoisotopic (exact) mass is 401 g/mol. The Morgan fingerprint density at radius 2 is 1.26 bits per heavy atom. The highest BCUT2D eigenvalue weighted by atomic mass is 15.0. The quantitative estimate of drug-likeness (QED) is 0.377. The zero-order valence-corrected chi connectivity index (χ0v) is 16.8. The molecule has 4 nitrogen and oxygen atoms in total. The summed E-state index contributed by atoms with van der Waals surface area (Å²) in [5.41, 5.74) is 8.42. The minimum atomic E-state index is 0.469. The predicted octanol–water partition coefficient (Wildman–Crippen LogP) is 6.18. The van der Waals surface area contributed by atoms with Gasteiger partial charge >= 0.3 is 0 Å². The zero-order valence-electron chi connectivity index (χ0n) is 17.8. The zero-order chi connectivity index (χ0) is 21.5. The minimum absolute atomic E-state index is 0.469. The molecule has 0 radical (unpaired) electrons. The average molecular weight is 401 g/mol. The lowest BCUT2D eigenvalue weighted by molar-refractivity contribution is 0.866. The van der Waals surface area contributed by atoms with E-state index in [1.807, 2.05) is 85.0 Å². The average Bonchev–Trinajstić information content (AvgIpc) is 3.57. The number of nitrogens with zero attached hydrogens (tertiary/aromatic N) is 3. The molecular weight excluding hydrogens is 380 g/mol. The first kappa shape index (κ1) is 16.6. The van der Waals surface area contributed by atoms with Gasteiger partial charge in [0.15, 0.2) is 0 Å². The largest absolute Gasteiger partial charge is 0.355 e. The Balaban J connectivity index is 1.67. The van der Waals surface area contributed by atoms with Crippen LogP contribution in [0.25, 0.3) is 46.4 Å². The molecule has 148 valence electrons. The number of H-pyrrole nitrogens is 1. The second-order valence-corrected chi connectivity index (χ2v) is 7.71. The number of fused-ring (bicyclic) bond motifs is 8. The molecule has 0 unspecified atom stereocenters. The van der Waals surface area contributed by atoms with Gasteiger partial charge in [-0.15, -0.1) is 0 Å². The third kappa shape index (κ3) is 3.60. The second kappa shape index (κ2) is 7.26. The van der Waals surface area contributed by atoms with Crippen LogP contribution in [0, 0.1) is 0 Å². The molecule has 31 heavy (non-hydrogen) atoms. The van der Waals surface area contributed by atoms with Gasteiger partial charge in [-0.1, -0.05) is 30.3 Å². The van der Waals surface area contributed by atoms with E-state index < -0.39 is 0 Å². The lowest BCUT2D eigenvalue weighted by Gasteiger charge is -2.07. The Labute approximate surface area is 181 Å². The van der Waals surface area contributed by atoms with Crippen molar-refractivity contribution in [2.45, 2.75) is 6.54 Å². The van der Waals surface area contributed by atoms with E-state index in [9.17, 15) is 0 Å². The third-order valence-electron chi connectivity index (χ3n) is 5.44. The number of nitrogens with one attached hydrogen (secondary N) is 1. The lowest BCUT2D eigenvalue weighted by Crippen LogP contribution is -1.98. The maximum atomic E-state index is 8.66. The Kier molecular flexibility index (Phi) is 3.89. The van der Waals surface area contributed by atoms with Crippen molar-refractivity contribution >= 4 is 46.4 Å². The molecule has 6 rings (SSSR count). The van der Waals surface area contributed by atoms with Gasteiger partial charge in [0.2, 0.25) is 0 Å². The van der Waals surface area contributed by atoms with Crippen LogP contribution in [0.4, 0.5) is 0 Å². The van der Waals surface area contributed by atoms with Crippen molar-refractivity contribution in [3.05, 3.63) is 107 Å². The molecule has 0 saturated heterocycles. The maximum Gasteiger partial charge on any atom is 0.0658 e. The SMILES string of the molecule is [2H]c1cc2cc3nc(cc4ccc(cc5nc(cc1n2Cc1ccccc1)C=C5)[nH]4)C=C3. The molecule has 8 bridgehead atoms. The van der Waals surface area contributed by atoms with Gasteiger partial charge in [0.25, 0.3) is 0 Å². The van der Waals surface area contributed by atoms with Crippen molar-refractivity contribution < 1.29 is 1.37 Å². The number of rotatable bonds is 2. The van der Waals surface area contributed by atoms with E-state index in [2.05, 4.69) is 21.7 Å². The summed E-state index contributed by atoms with van der Waals surface area (Å²) in [6.07, 6.45) is 8.02. The van der Waals surface area contributed by atoms with Gasteiger partial charge in [0.05, 0.1) is 24.1 Å². The summed E-state index contributed by atoms with van der Waals surface area (Å²) >= 11 is 0. The fourth-order valence-electron chi connectivity index (χ4n) is 3.94. The number of hydrogen-bond acceptors (Lipinski definition) is 2. The highest BCUT2D eigenvalue weighted by Gasteiger charge is 2.05. The smallest absolute Gasteiger partial charge is 0.0658 e. The van der Waals surface area contributed by atoms with Gasteiger partial charge in [0, 0.05) is 28.6 Å². The van der Waals surface area contributed by atoms with E-state index in [4.69, 9.17) is 11.3 Å². The van der Waals surface area contributed by atoms with Gasteiger partial charge in [-0.25, -0.2) is 9.97 Å². The molecular formula is C27H20N4. The molecule has 0 atom stereocenters. The van der Waals surface area contributed by atoms with Crippen LogP contribution in [-0.2, 0) is 6.54 Å². The topological polar surface area (TPSA) is 46.5 Å². The van der Waals surface area contributed by atoms with E-state index >= 15 is 0 Å². The summed E-state index contributed by atoms with van der Waals surface area (Å²) < 4.78 is 10.8. The molecule has 0 aliphatic carbocycles. The lowest BCUT2D eigenvalue weighted by atomic mass is 10.2. The Hall–Kier alpha value is -4.18. The van der Waals surface area contributed by atoms with Crippen LogP contribution in [0.5, 0.6) is 0 Å².